The molecule has 2 aromatic heterocycles. The van der Waals surface area contributed by atoms with Gasteiger partial charge in [0.05, 0.1) is 16.7 Å². The number of rotatable bonds is 3. The van der Waals surface area contributed by atoms with Gasteiger partial charge in [-0.15, -0.1) is 0 Å². The molecular formula is C32H21N3. The summed E-state index contributed by atoms with van der Waals surface area (Å²) >= 11 is 0. The quantitative estimate of drug-likeness (QED) is 0.274. The summed E-state index contributed by atoms with van der Waals surface area (Å²) in [7, 11) is 0. The molecule has 0 N–H and O–H groups in total. The van der Waals surface area contributed by atoms with Crippen LogP contribution >= 0.6 is 0 Å². The zero-order chi connectivity index (χ0) is 23.2. The number of fused-ring (bicyclic) bond motifs is 5. The van der Waals surface area contributed by atoms with Crippen LogP contribution in [0.2, 0.25) is 0 Å². The van der Waals surface area contributed by atoms with Gasteiger partial charge in [0.1, 0.15) is 0 Å². The van der Waals surface area contributed by atoms with Crippen LogP contribution in [-0.4, -0.2) is 14.5 Å². The minimum atomic E-state index is 0.676. The van der Waals surface area contributed by atoms with E-state index < -0.39 is 0 Å². The first-order valence-corrected chi connectivity index (χ1v) is 11.8. The SMILES string of the molecule is c1ccc(-c2cccc(-c3ccnc(-n4c5ccccc5c5ccc6ccccc6c54)n3)c2)cc1. The Kier molecular flexibility index (Phi) is 4.46. The Morgan fingerprint density at radius 3 is 2.17 bits per heavy atom. The third kappa shape index (κ3) is 3.21. The van der Waals surface area contributed by atoms with Crippen LogP contribution in [0.1, 0.15) is 0 Å². The molecule has 7 rings (SSSR count). The summed E-state index contributed by atoms with van der Waals surface area (Å²) in [5.41, 5.74) is 6.58. The Morgan fingerprint density at radius 2 is 1.26 bits per heavy atom. The molecule has 0 radical (unpaired) electrons. The fourth-order valence-corrected chi connectivity index (χ4v) is 5.04. The lowest BCUT2D eigenvalue weighted by Gasteiger charge is -2.10. The molecule has 3 nitrogen and oxygen atoms in total. The maximum atomic E-state index is 5.08. The molecule has 0 saturated carbocycles. The number of hydrogen-bond donors (Lipinski definition) is 0. The zero-order valence-electron chi connectivity index (χ0n) is 19.0. The molecule has 0 aliphatic rings. The average molecular weight is 448 g/mol. The molecule has 0 saturated heterocycles. The molecule has 0 unspecified atom stereocenters. The fourth-order valence-electron chi connectivity index (χ4n) is 5.04. The third-order valence-corrected chi connectivity index (χ3v) is 6.67. The van der Waals surface area contributed by atoms with Gasteiger partial charge in [-0.25, -0.2) is 9.97 Å². The first-order valence-electron chi connectivity index (χ1n) is 11.8. The van der Waals surface area contributed by atoms with Gasteiger partial charge in [0.2, 0.25) is 5.95 Å². The molecule has 2 heterocycles. The van der Waals surface area contributed by atoms with Crippen molar-refractivity contribution in [3.05, 3.63) is 128 Å². The van der Waals surface area contributed by atoms with Crippen LogP contribution in [0.3, 0.4) is 0 Å². The van der Waals surface area contributed by atoms with Crippen molar-refractivity contribution in [1.82, 2.24) is 14.5 Å². The van der Waals surface area contributed by atoms with E-state index in [2.05, 4.69) is 114 Å². The van der Waals surface area contributed by atoms with Gasteiger partial charge >= 0.3 is 0 Å². The van der Waals surface area contributed by atoms with Crippen molar-refractivity contribution in [2.75, 3.05) is 0 Å². The van der Waals surface area contributed by atoms with Crippen LogP contribution in [-0.2, 0) is 0 Å². The molecule has 0 amide bonds. The summed E-state index contributed by atoms with van der Waals surface area (Å²) in [4.78, 5) is 9.83. The van der Waals surface area contributed by atoms with E-state index in [9.17, 15) is 0 Å². The van der Waals surface area contributed by atoms with Gasteiger partial charge < -0.3 is 0 Å². The standard InChI is InChI=1S/C32H21N3/c1-2-9-22(10-3-1)24-12-8-13-25(21-24)29-19-20-33-32(34-29)35-30-16-7-6-15-27(30)28-18-17-23-11-4-5-14-26(23)31(28)35/h1-21H. The van der Waals surface area contributed by atoms with Crippen molar-refractivity contribution in [3.8, 4) is 28.3 Å². The Balaban J connectivity index is 1.47. The highest BCUT2D eigenvalue weighted by Gasteiger charge is 2.16. The topological polar surface area (TPSA) is 30.7 Å². The molecule has 35 heavy (non-hydrogen) atoms. The summed E-state index contributed by atoms with van der Waals surface area (Å²) in [5.74, 6) is 0.676. The van der Waals surface area contributed by atoms with Gasteiger partial charge in [-0.05, 0) is 34.7 Å². The second kappa shape index (κ2) is 7.93. The molecule has 0 atom stereocenters. The first kappa shape index (κ1) is 19.7. The maximum absolute atomic E-state index is 5.08. The van der Waals surface area contributed by atoms with Gasteiger partial charge in [-0.1, -0.05) is 103 Å². The van der Waals surface area contributed by atoms with Crippen LogP contribution in [0.15, 0.2) is 128 Å². The zero-order valence-corrected chi connectivity index (χ0v) is 19.0. The van der Waals surface area contributed by atoms with Crippen molar-refractivity contribution >= 4 is 32.6 Å². The van der Waals surface area contributed by atoms with Crippen molar-refractivity contribution in [2.45, 2.75) is 0 Å². The van der Waals surface area contributed by atoms with Crippen LogP contribution in [0, 0.1) is 0 Å². The lowest BCUT2D eigenvalue weighted by molar-refractivity contribution is 0.994. The third-order valence-electron chi connectivity index (χ3n) is 6.67. The van der Waals surface area contributed by atoms with E-state index in [-0.39, 0.29) is 0 Å². The fraction of sp³-hybridized carbons (Fsp3) is 0. The number of hydrogen-bond acceptors (Lipinski definition) is 2. The highest BCUT2D eigenvalue weighted by Crippen LogP contribution is 2.36. The van der Waals surface area contributed by atoms with Crippen molar-refractivity contribution < 1.29 is 0 Å². The van der Waals surface area contributed by atoms with Crippen LogP contribution in [0.4, 0.5) is 0 Å². The smallest absolute Gasteiger partial charge is 0.235 e. The van der Waals surface area contributed by atoms with E-state index in [1.807, 2.05) is 18.3 Å². The van der Waals surface area contributed by atoms with Crippen molar-refractivity contribution in [1.29, 1.82) is 0 Å². The summed E-state index contributed by atoms with van der Waals surface area (Å²) in [5, 5.41) is 4.81. The highest BCUT2D eigenvalue weighted by molar-refractivity contribution is 6.18. The predicted octanol–water partition coefficient (Wildman–Crippen LogP) is 8.06. The number of aromatic nitrogens is 3. The number of para-hydroxylation sites is 1. The largest absolute Gasteiger partial charge is 0.277 e. The normalized spacial score (nSPS) is 11.4. The van der Waals surface area contributed by atoms with Crippen LogP contribution in [0.25, 0.3) is 60.9 Å². The molecule has 3 heteroatoms. The van der Waals surface area contributed by atoms with Crippen LogP contribution < -0.4 is 0 Å². The number of nitrogens with zero attached hydrogens (tertiary/aromatic N) is 3. The van der Waals surface area contributed by atoms with Gasteiger partial charge in [0, 0.05) is 27.9 Å². The first-order chi connectivity index (χ1) is 17.4. The molecule has 0 aliphatic carbocycles. The van der Waals surface area contributed by atoms with Crippen molar-refractivity contribution in [3.63, 3.8) is 0 Å². The number of benzene rings is 5. The van der Waals surface area contributed by atoms with E-state index in [0.717, 1.165) is 22.3 Å². The summed E-state index contributed by atoms with van der Waals surface area (Å²) < 4.78 is 2.21. The molecule has 0 spiro atoms. The van der Waals surface area contributed by atoms with E-state index in [1.54, 1.807) is 0 Å². The van der Waals surface area contributed by atoms with Gasteiger partial charge in [0.15, 0.2) is 0 Å². The Bertz CT molecular complexity index is 1850. The Labute approximate surface area is 203 Å². The summed E-state index contributed by atoms with van der Waals surface area (Å²) in [6.45, 7) is 0. The average Bonchev–Trinajstić information content (AvgIpc) is 3.29. The minimum absolute atomic E-state index is 0.676. The Hall–Kier alpha value is -4.76. The molecule has 164 valence electrons. The Morgan fingerprint density at radius 1 is 0.514 bits per heavy atom. The van der Waals surface area contributed by atoms with Gasteiger partial charge in [-0.3, -0.25) is 4.57 Å². The van der Waals surface area contributed by atoms with E-state index >= 15 is 0 Å². The van der Waals surface area contributed by atoms with Gasteiger partial charge in [0.25, 0.3) is 0 Å². The lowest BCUT2D eigenvalue weighted by Crippen LogP contribution is -2.02. The molecule has 0 aliphatic heterocycles. The monoisotopic (exact) mass is 447 g/mol. The molecule has 0 fully saturated rings. The summed E-state index contributed by atoms with van der Waals surface area (Å²) in [6, 6.07) is 42.4. The second-order valence-corrected chi connectivity index (χ2v) is 8.72. The van der Waals surface area contributed by atoms with E-state index in [0.29, 0.717) is 5.95 Å². The van der Waals surface area contributed by atoms with E-state index in [4.69, 9.17) is 9.97 Å². The maximum Gasteiger partial charge on any atom is 0.235 e. The summed E-state index contributed by atoms with van der Waals surface area (Å²) in [6.07, 6.45) is 1.86. The van der Waals surface area contributed by atoms with Crippen molar-refractivity contribution in [2.24, 2.45) is 0 Å². The highest BCUT2D eigenvalue weighted by atomic mass is 15.2. The predicted molar refractivity (Wildman–Crippen MR) is 145 cm³/mol. The second-order valence-electron chi connectivity index (χ2n) is 8.72. The van der Waals surface area contributed by atoms with Gasteiger partial charge in [-0.2, -0.15) is 0 Å². The van der Waals surface area contributed by atoms with Crippen LogP contribution in [0.5, 0.6) is 0 Å². The molecular weight excluding hydrogens is 426 g/mol. The molecule has 7 aromatic rings. The van der Waals surface area contributed by atoms with E-state index in [1.165, 1.54) is 32.7 Å². The lowest BCUT2D eigenvalue weighted by atomic mass is 10.0. The minimum Gasteiger partial charge on any atom is -0.277 e. The molecule has 0 bridgehead atoms. The molecule has 5 aromatic carbocycles.